The standard InChI is InChI=1S/C11H3ClF14N2O3/c12-6(15,8(17,18)19)10(23,24)31-7(16,9(20,21)22)11(25,26)30-5(13,14)4(29)28-2-1-27-3-28/h1-3H. The summed E-state index contributed by atoms with van der Waals surface area (Å²) in [5, 5.41) is -6.76. The van der Waals surface area contributed by atoms with Crippen LogP contribution in [0.5, 0.6) is 0 Å². The van der Waals surface area contributed by atoms with Crippen molar-refractivity contribution in [3.8, 4) is 0 Å². The Kier molecular flexibility index (Phi) is 6.66. The molecule has 1 aromatic rings. The topological polar surface area (TPSA) is 53.4 Å². The summed E-state index contributed by atoms with van der Waals surface area (Å²) in [7, 11) is 0. The molecule has 0 amide bonds. The van der Waals surface area contributed by atoms with Gasteiger partial charge in [0.25, 0.3) is 0 Å². The maximum absolute atomic E-state index is 13.9. The smallest absolute Gasteiger partial charge is 0.269 e. The molecule has 0 saturated carbocycles. The average Bonchev–Trinajstić information content (AvgIpc) is 3.04. The maximum atomic E-state index is 13.9. The van der Waals surface area contributed by atoms with Gasteiger partial charge in [-0.3, -0.25) is 14.1 Å². The predicted octanol–water partition coefficient (Wildman–Crippen LogP) is 5.03. The van der Waals surface area contributed by atoms with Crippen LogP contribution in [0.1, 0.15) is 4.79 Å². The molecule has 0 spiro atoms. The van der Waals surface area contributed by atoms with Crippen LogP contribution in [0.3, 0.4) is 0 Å². The Balaban J connectivity index is 3.44. The first-order valence-corrected chi connectivity index (χ1v) is 7.07. The number of imidazole rings is 1. The SMILES string of the molecule is O=C(n1ccnc1)C(F)(F)OC(F)(F)C(F)(OC(F)(F)C(F)(Cl)C(F)(F)F)C(F)(F)F. The van der Waals surface area contributed by atoms with Crippen molar-refractivity contribution in [3.05, 3.63) is 18.7 Å². The third-order valence-corrected chi connectivity index (χ3v) is 3.41. The van der Waals surface area contributed by atoms with E-state index in [0.29, 0.717) is 12.4 Å². The molecular weight excluding hydrogens is 510 g/mol. The minimum absolute atomic E-state index is 0.156. The van der Waals surface area contributed by atoms with Crippen molar-refractivity contribution in [2.75, 3.05) is 0 Å². The average molecular weight is 513 g/mol. The normalized spacial score (nSPS) is 18.4. The Labute approximate surface area is 164 Å². The second kappa shape index (κ2) is 7.61. The van der Waals surface area contributed by atoms with E-state index in [9.17, 15) is 66.3 Å². The van der Waals surface area contributed by atoms with Crippen LogP contribution in [0.15, 0.2) is 18.7 Å². The summed E-state index contributed by atoms with van der Waals surface area (Å²) in [5.41, 5.74) is 0. The van der Waals surface area contributed by atoms with Crippen molar-refractivity contribution >= 4 is 17.5 Å². The van der Waals surface area contributed by atoms with Crippen molar-refractivity contribution in [1.29, 1.82) is 0 Å². The van der Waals surface area contributed by atoms with E-state index in [0.717, 1.165) is 0 Å². The van der Waals surface area contributed by atoms with Crippen molar-refractivity contribution in [3.63, 3.8) is 0 Å². The van der Waals surface area contributed by atoms with Gasteiger partial charge in [-0.25, -0.2) is 14.1 Å². The molecule has 0 aromatic carbocycles. The Hall–Kier alpha value is -1.89. The lowest BCUT2D eigenvalue weighted by Gasteiger charge is -2.39. The van der Waals surface area contributed by atoms with Gasteiger partial charge in [0.2, 0.25) is 0 Å². The van der Waals surface area contributed by atoms with Gasteiger partial charge in [-0.2, -0.15) is 57.1 Å². The molecule has 0 aliphatic rings. The lowest BCUT2D eigenvalue weighted by Crippen LogP contribution is -2.66. The molecule has 2 atom stereocenters. The maximum Gasteiger partial charge on any atom is 0.458 e. The second-order valence-corrected chi connectivity index (χ2v) is 5.72. The highest BCUT2D eigenvalue weighted by Gasteiger charge is 2.83. The fourth-order valence-corrected chi connectivity index (χ4v) is 1.53. The highest BCUT2D eigenvalue weighted by Crippen LogP contribution is 2.56. The minimum atomic E-state index is -7.60. The zero-order valence-electron chi connectivity index (χ0n) is 13.5. The van der Waals surface area contributed by atoms with E-state index >= 15 is 0 Å². The first-order valence-electron chi connectivity index (χ1n) is 6.70. The van der Waals surface area contributed by atoms with Gasteiger partial charge >= 0.3 is 47.6 Å². The molecule has 0 saturated heterocycles. The first-order chi connectivity index (χ1) is 13.4. The van der Waals surface area contributed by atoms with Gasteiger partial charge in [0.15, 0.2) is 0 Å². The summed E-state index contributed by atoms with van der Waals surface area (Å²) in [5.74, 6) is -10.6. The Morgan fingerprint density at radius 1 is 0.774 bits per heavy atom. The van der Waals surface area contributed by atoms with Crippen LogP contribution in [0.2, 0.25) is 0 Å². The number of alkyl halides is 15. The summed E-state index contributed by atoms with van der Waals surface area (Å²) in [6.07, 6.45) is -34.5. The van der Waals surface area contributed by atoms with E-state index in [1.54, 1.807) is 4.74 Å². The largest absolute Gasteiger partial charge is 0.458 e. The molecule has 1 heterocycles. The van der Waals surface area contributed by atoms with E-state index in [2.05, 4.69) is 21.3 Å². The third-order valence-electron chi connectivity index (χ3n) is 2.97. The van der Waals surface area contributed by atoms with Crippen molar-refractivity contribution in [2.45, 2.75) is 41.7 Å². The Morgan fingerprint density at radius 3 is 1.61 bits per heavy atom. The molecular formula is C11H3ClF14N2O3. The van der Waals surface area contributed by atoms with Crippen molar-refractivity contribution in [2.24, 2.45) is 0 Å². The fourth-order valence-electron chi connectivity index (χ4n) is 1.49. The van der Waals surface area contributed by atoms with Crippen LogP contribution < -0.4 is 0 Å². The van der Waals surface area contributed by atoms with Crippen LogP contribution in [-0.4, -0.2) is 57.1 Å². The number of aromatic nitrogens is 2. The predicted molar refractivity (Wildman–Crippen MR) is 65.5 cm³/mol. The van der Waals surface area contributed by atoms with Gasteiger partial charge in [0.05, 0.1) is 0 Å². The number of hydrogen-bond acceptors (Lipinski definition) is 4. The zero-order valence-corrected chi connectivity index (χ0v) is 14.3. The zero-order chi connectivity index (χ0) is 24.9. The quantitative estimate of drug-likeness (QED) is 0.380. The molecule has 2 unspecified atom stereocenters. The number of carbonyl (C=O) groups is 1. The summed E-state index contributed by atoms with van der Waals surface area (Å²) in [6.45, 7) is 0. The molecule has 1 aromatic heterocycles. The molecule has 0 radical (unpaired) electrons. The molecule has 0 fully saturated rings. The highest BCUT2D eigenvalue weighted by molar-refractivity contribution is 6.24. The summed E-state index contributed by atoms with van der Waals surface area (Å²) in [4.78, 5) is 14.2. The van der Waals surface area contributed by atoms with Crippen LogP contribution in [0, 0.1) is 0 Å². The number of carbonyl (C=O) groups excluding carboxylic acids is 1. The number of rotatable bonds is 7. The van der Waals surface area contributed by atoms with Crippen LogP contribution in [0.4, 0.5) is 61.5 Å². The molecule has 0 aliphatic carbocycles. The minimum Gasteiger partial charge on any atom is -0.269 e. The number of hydrogen-bond donors (Lipinski definition) is 0. The molecule has 31 heavy (non-hydrogen) atoms. The van der Waals surface area contributed by atoms with E-state index < -0.39 is 52.1 Å². The second-order valence-electron chi connectivity index (χ2n) is 5.19. The first kappa shape index (κ1) is 27.1. The van der Waals surface area contributed by atoms with Gasteiger partial charge in [0, 0.05) is 12.4 Å². The van der Waals surface area contributed by atoms with E-state index in [1.165, 1.54) is 0 Å². The van der Waals surface area contributed by atoms with Gasteiger partial charge in [-0.1, -0.05) is 11.6 Å². The molecule has 5 nitrogen and oxygen atoms in total. The van der Waals surface area contributed by atoms with Crippen LogP contribution >= 0.6 is 11.6 Å². The fraction of sp³-hybridized carbons (Fsp3) is 0.636. The van der Waals surface area contributed by atoms with Crippen molar-refractivity contribution in [1.82, 2.24) is 9.55 Å². The Morgan fingerprint density at radius 2 is 1.26 bits per heavy atom. The Bertz CT molecular complexity index is 790. The molecule has 0 bridgehead atoms. The van der Waals surface area contributed by atoms with Gasteiger partial charge in [0.1, 0.15) is 6.33 Å². The number of ether oxygens (including phenoxy) is 2. The summed E-state index contributed by atoms with van der Waals surface area (Å²) >= 11 is 3.66. The third kappa shape index (κ3) is 4.81. The van der Waals surface area contributed by atoms with Crippen LogP contribution in [0.25, 0.3) is 0 Å². The molecule has 0 N–H and O–H groups in total. The van der Waals surface area contributed by atoms with Gasteiger partial charge < -0.3 is 0 Å². The molecule has 180 valence electrons. The highest BCUT2D eigenvalue weighted by atomic mass is 35.5. The monoisotopic (exact) mass is 512 g/mol. The number of nitrogens with zero attached hydrogens (tertiary/aromatic N) is 2. The van der Waals surface area contributed by atoms with Gasteiger partial charge in [-0.15, -0.1) is 0 Å². The summed E-state index contributed by atoms with van der Waals surface area (Å²) < 4.78 is 185. The molecule has 1 rings (SSSR count). The van der Waals surface area contributed by atoms with Gasteiger partial charge in [-0.05, 0) is 0 Å². The molecule has 0 aliphatic heterocycles. The number of halogens is 15. The summed E-state index contributed by atoms with van der Waals surface area (Å²) in [6, 6.07) is 0. The van der Waals surface area contributed by atoms with E-state index in [-0.39, 0.29) is 6.33 Å². The van der Waals surface area contributed by atoms with E-state index in [4.69, 9.17) is 0 Å². The molecule has 20 heteroatoms. The van der Waals surface area contributed by atoms with E-state index in [1.807, 2.05) is 0 Å². The van der Waals surface area contributed by atoms with Crippen molar-refractivity contribution < 1.29 is 75.7 Å². The lowest BCUT2D eigenvalue weighted by atomic mass is 10.2. The lowest BCUT2D eigenvalue weighted by molar-refractivity contribution is -0.531. The van der Waals surface area contributed by atoms with Crippen LogP contribution in [-0.2, 0) is 9.47 Å².